The molecule has 1 saturated heterocycles. The molecule has 0 aliphatic carbocycles. The quantitative estimate of drug-likeness (QED) is 0.847. The van der Waals surface area contributed by atoms with E-state index < -0.39 is 0 Å². The van der Waals surface area contributed by atoms with Gasteiger partial charge in [-0.05, 0) is 37.9 Å². The first kappa shape index (κ1) is 17.2. The van der Waals surface area contributed by atoms with Crippen molar-refractivity contribution in [2.45, 2.75) is 45.1 Å². The molecule has 1 atom stereocenters. The van der Waals surface area contributed by atoms with Crippen LogP contribution < -0.4 is 10.2 Å². The molecule has 1 N–H and O–H groups in total. The smallest absolute Gasteiger partial charge is 0.226 e. The molecule has 0 radical (unpaired) electrons. The van der Waals surface area contributed by atoms with E-state index in [2.05, 4.69) is 5.32 Å². The zero-order valence-corrected chi connectivity index (χ0v) is 15.0. The number of carbonyl (C=O) groups is 1. The van der Waals surface area contributed by atoms with Gasteiger partial charge in [0.25, 0.3) is 0 Å². The topological polar surface area (TPSA) is 32.3 Å². The van der Waals surface area contributed by atoms with Crippen LogP contribution in [0.5, 0.6) is 0 Å². The Kier molecular flexibility index (Phi) is 5.75. The second kappa shape index (κ2) is 8.00. The highest BCUT2D eigenvalue weighted by Crippen LogP contribution is 2.32. The number of amides is 1. The Morgan fingerprint density at radius 1 is 1.21 bits per heavy atom. The molecule has 1 aliphatic heterocycles. The van der Waals surface area contributed by atoms with Crippen LogP contribution in [0.3, 0.4) is 0 Å². The Morgan fingerprint density at radius 3 is 2.71 bits per heavy atom. The van der Waals surface area contributed by atoms with Gasteiger partial charge in [-0.2, -0.15) is 0 Å². The maximum atomic E-state index is 12.6. The van der Waals surface area contributed by atoms with Gasteiger partial charge in [0.05, 0.1) is 5.69 Å². The van der Waals surface area contributed by atoms with Crippen LogP contribution in [-0.2, 0) is 4.79 Å². The fraction of sp³-hybridized carbons (Fsp3) is 0.450. The molecule has 1 fully saturated rings. The Balaban J connectivity index is 1.88. The fourth-order valence-electron chi connectivity index (χ4n) is 3.51. The lowest BCUT2D eigenvalue weighted by Crippen LogP contribution is -2.39. The highest BCUT2D eigenvalue weighted by Gasteiger charge is 2.20. The molecule has 4 heteroatoms. The van der Waals surface area contributed by atoms with Gasteiger partial charge in [0, 0.05) is 34.8 Å². The molecule has 24 heavy (non-hydrogen) atoms. The molecule has 3 rings (SSSR count). The average Bonchev–Trinajstić information content (AvgIpc) is 2.64. The van der Waals surface area contributed by atoms with Crippen molar-refractivity contribution in [2.24, 2.45) is 0 Å². The standard InChI is InChI=1S/C20H25ClN2O/c1-2-20(24)23(14-12-15-7-5-6-13-22-15)19-11-10-18(21)16-8-3-4-9-17(16)19/h3-4,8-11,15,22H,2,5-7,12-14H2,1H3. The van der Waals surface area contributed by atoms with Gasteiger partial charge in [0.1, 0.15) is 0 Å². The van der Waals surface area contributed by atoms with Gasteiger partial charge in [-0.25, -0.2) is 0 Å². The maximum absolute atomic E-state index is 12.6. The average molecular weight is 345 g/mol. The lowest BCUT2D eigenvalue weighted by molar-refractivity contribution is -0.118. The maximum Gasteiger partial charge on any atom is 0.226 e. The molecular weight excluding hydrogens is 320 g/mol. The van der Waals surface area contributed by atoms with E-state index in [9.17, 15) is 4.79 Å². The van der Waals surface area contributed by atoms with Crippen LogP contribution in [0.2, 0.25) is 5.02 Å². The minimum Gasteiger partial charge on any atom is -0.314 e. The summed E-state index contributed by atoms with van der Waals surface area (Å²) in [7, 11) is 0. The Labute approximate surface area is 149 Å². The summed E-state index contributed by atoms with van der Waals surface area (Å²) in [5.41, 5.74) is 0.970. The van der Waals surface area contributed by atoms with Gasteiger partial charge in [-0.15, -0.1) is 0 Å². The Morgan fingerprint density at radius 2 is 2.00 bits per heavy atom. The number of anilines is 1. The first-order valence-electron chi connectivity index (χ1n) is 8.91. The van der Waals surface area contributed by atoms with Gasteiger partial charge in [-0.3, -0.25) is 4.79 Å². The van der Waals surface area contributed by atoms with Gasteiger partial charge < -0.3 is 10.2 Å². The first-order chi connectivity index (χ1) is 11.7. The van der Waals surface area contributed by atoms with E-state index in [0.29, 0.717) is 12.5 Å². The van der Waals surface area contributed by atoms with Crippen LogP contribution in [0.1, 0.15) is 39.0 Å². The summed E-state index contributed by atoms with van der Waals surface area (Å²) in [4.78, 5) is 14.5. The van der Waals surface area contributed by atoms with Crippen LogP contribution in [0.15, 0.2) is 36.4 Å². The Bertz CT molecular complexity index is 710. The van der Waals surface area contributed by atoms with E-state index in [0.717, 1.165) is 41.0 Å². The number of halogens is 1. The molecule has 128 valence electrons. The number of rotatable bonds is 5. The molecule has 0 bridgehead atoms. The largest absolute Gasteiger partial charge is 0.314 e. The van der Waals surface area contributed by atoms with Crippen molar-refractivity contribution in [1.82, 2.24) is 5.32 Å². The van der Waals surface area contributed by atoms with Crippen molar-refractivity contribution < 1.29 is 4.79 Å². The highest BCUT2D eigenvalue weighted by molar-refractivity contribution is 6.36. The third kappa shape index (κ3) is 3.73. The predicted octanol–water partition coefficient (Wildman–Crippen LogP) is 4.77. The molecule has 1 amide bonds. The summed E-state index contributed by atoms with van der Waals surface area (Å²) >= 11 is 6.33. The molecular formula is C20H25ClN2O. The van der Waals surface area contributed by atoms with Gasteiger partial charge in [0.2, 0.25) is 5.91 Å². The van der Waals surface area contributed by atoms with Crippen molar-refractivity contribution in [3.63, 3.8) is 0 Å². The van der Waals surface area contributed by atoms with Crippen LogP contribution in [-0.4, -0.2) is 25.0 Å². The van der Waals surface area contributed by atoms with Crippen molar-refractivity contribution >= 4 is 34.0 Å². The molecule has 3 nitrogen and oxygen atoms in total. The Hall–Kier alpha value is -1.58. The van der Waals surface area contributed by atoms with E-state index >= 15 is 0 Å². The second-order valence-corrected chi connectivity index (χ2v) is 6.85. The van der Waals surface area contributed by atoms with Gasteiger partial charge in [-0.1, -0.05) is 49.2 Å². The number of piperidine rings is 1. The lowest BCUT2D eigenvalue weighted by atomic mass is 10.0. The summed E-state index contributed by atoms with van der Waals surface area (Å²) in [5.74, 6) is 0.165. The molecule has 1 unspecified atom stereocenters. The minimum absolute atomic E-state index is 0.165. The minimum atomic E-state index is 0.165. The second-order valence-electron chi connectivity index (χ2n) is 6.45. The zero-order valence-electron chi connectivity index (χ0n) is 14.2. The van der Waals surface area contributed by atoms with E-state index in [4.69, 9.17) is 11.6 Å². The summed E-state index contributed by atoms with van der Waals surface area (Å²) < 4.78 is 0. The van der Waals surface area contributed by atoms with Crippen LogP contribution in [0.25, 0.3) is 10.8 Å². The number of hydrogen-bond donors (Lipinski definition) is 1. The number of fused-ring (bicyclic) bond motifs is 1. The van der Waals surface area contributed by atoms with Gasteiger partial charge in [0.15, 0.2) is 0 Å². The highest BCUT2D eigenvalue weighted by atomic mass is 35.5. The monoisotopic (exact) mass is 344 g/mol. The van der Waals surface area contributed by atoms with Crippen molar-refractivity contribution in [3.05, 3.63) is 41.4 Å². The number of benzene rings is 2. The number of nitrogens with zero attached hydrogens (tertiary/aromatic N) is 1. The number of hydrogen-bond acceptors (Lipinski definition) is 2. The molecule has 1 heterocycles. The molecule has 0 saturated carbocycles. The fourth-order valence-corrected chi connectivity index (χ4v) is 3.74. The molecule has 0 aromatic heterocycles. The predicted molar refractivity (Wildman–Crippen MR) is 102 cm³/mol. The van der Waals surface area contributed by atoms with E-state index in [-0.39, 0.29) is 5.91 Å². The third-order valence-electron chi connectivity index (χ3n) is 4.86. The first-order valence-corrected chi connectivity index (χ1v) is 9.29. The molecule has 1 aliphatic rings. The summed E-state index contributed by atoms with van der Waals surface area (Å²) in [6.07, 6.45) is 5.24. The van der Waals surface area contributed by atoms with Crippen molar-refractivity contribution in [3.8, 4) is 0 Å². The zero-order chi connectivity index (χ0) is 16.9. The summed E-state index contributed by atoms with van der Waals surface area (Å²) in [5, 5.41) is 6.35. The van der Waals surface area contributed by atoms with Crippen LogP contribution in [0, 0.1) is 0 Å². The lowest BCUT2D eigenvalue weighted by Gasteiger charge is -2.29. The summed E-state index contributed by atoms with van der Waals surface area (Å²) in [6, 6.07) is 12.4. The van der Waals surface area contributed by atoms with Gasteiger partial charge >= 0.3 is 0 Å². The third-order valence-corrected chi connectivity index (χ3v) is 5.19. The molecule has 0 spiro atoms. The van der Waals surface area contributed by atoms with Crippen molar-refractivity contribution in [2.75, 3.05) is 18.0 Å². The summed E-state index contributed by atoms with van der Waals surface area (Å²) in [6.45, 7) is 3.76. The number of nitrogens with one attached hydrogen (secondary N) is 1. The number of carbonyl (C=O) groups excluding carboxylic acids is 1. The normalized spacial score (nSPS) is 17.8. The van der Waals surface area contributed by atoms with Crippen LogP contribution >= 0.6 is 11.6 Å². The SMILES string of the molecule is CCC(=O)N(CCC1CCCCN1)c1ccc(Cl)c2ccccc12. The van der Waals surface area contributed by atoms with Crippen LogP contribution in [0.4, 0.5) is 5.69 Å². The van der Waals surface area contributed by atoms with E-state index in [1.165, 1.54) is 19.3 Å². The van der Waals surface area contributed by atoms with E-state index in [1.807, 2.05) is 48.2 Å². The molecule has 2 aromatic carbocycles. The van der Waals surface area contributed by atoms with Crippen molar-refractivity contribution in [1.29, 1.82) is 0 Å². The molecule has 2 aromatic rings. The van der Waals surface area contributed by atoms with E-state index in [1.54, 1.807) is 0 Å².